The monoisotopic (exact) mass is 463 g/mol. The minimum absolute atomic E-state index is 0.912. The summed E-state index contributed by atoms with van der Waals surface area (Å²) < 4.78 is 3.55. The molecule has 0 radical (unpaired) electrons. The quantitative estimate of drug-likeness (QED) is 0.306. The summed E-state index contributed by atoms with van der Waals surface area (Å²) in [6, 6.07) is 23.5. The summed E-state index contributed by atoms with van der Waals surface area (Å²) in [5.74, 6) is 0.912. The Hall–Kier alpha value is -2.60. The normalized spacial score (nSPS) is 11.5. The second-order valence-corrected chi connectivity index (χ2v) is 8.00. The molecule has 2 heterocycles. The Kier molecular flexibility index (Phi) is 3.82. The van der Waals surface area contributed by atoms with Crippen LogP contribution in [0.25, 0.3) is 44.6 Å². The summed E-state index contributed by atoms with van der Waals surface area (Å²) in [4.78, 5) is 8.19. The van der Waals surface area contributed by atoms with Crippen LogP contribution in [-0.2, 0) is 7.05 Å². The van der Waals surface area contributed by atoms with Gasteiger partial charge in [0.05, 0.1) is 16.7 Å². The molecule has 1 N–H and O–H groups in total. The van der Waals surface area contributed by atoms with Crippen LogP contribution in [0.5, 0.6) is 0 Å². The first-order valence-electron chi connectivity index (χ1n) is 8.92. The van der Waals surface area contributed by atoms with Crippen LogP contribution >= 0.6 is 22.6 Å². The molecular weight excluding hydrogens is 445 g/mol. The average Bonchev–Trinajstić information content (AvgIpc) is 3.22. The van der Waals surface area contributed by atoms with Crippen LogP contribution in [0.4, 0.5) is 0 Å². The number of aromatic nitrogens is 3. The van der Waals surface area contributed by atoms with E-state index in [1.54, 1.807) is 0 Å². The molecule has 0 bridgehead atoms. The van der Waals surface area contributed by atoms with Crippen LogP contribution in [0, 0.1) is 10.5 Å². The summed E-state index contributed by atoms with van der Waals surface area (Å²) in [6.07, 6.45) is 0. The van der Waals surface area contributed by atoms with Crippen molar-refractivity contribution in [3.8, 4) is 22.6 Å². The van der Waals surface area contributed by atoms with Gasteiger partial charge in [0, 0.05) is 27.1 Å². The number of nitrogens with one attached hydrogen (secondary N) is 1. The molecule has 0 saturated carbocycles. The molecular formula is C23H18IN3. The molecule has 3 nitrogen and oxygen atoms in total. The van der Waals surface area contributed by atoms with Crippen LogP contribution in [0.3, 0.4) is 0 Å². The third-order valence-electron chi connectivity index (χ3n) is 5.13. The number of hydrogen-bond acceptors (Lipinski definition) is 1. The van der Waals surface area contributed by atoms with Gasteiger partial charge in [-0.05, 0) is 65.4 Å². The van der Waals surface area contributed by atoms with E-state index in [1.807, 2.05) is 18.2 Å². The molecule has 0 amide bonds. The summed E-state index contributed by atoms with van der Waals surface area (Å²) >= 11 is 2.47. The maximum absolute atomic E-state index is 4.75. The first-order chi connectivity index (χ1) is 13.1. The molecule has 0 unspecified atom stereocenters. The van der Waals surface area contributed by atoms with Crippen molar-refractivity contribution in [3.63, 3.8) is 0 Å². The molecule has 132 valence electrons. The molecule has 2 aromatic heterocycles. The number of aromatic amines is 1. The van der Waals surface area contributed by atoms with Gasteiger partial charge in [-0.25, -0.2) is 4.98 Å². The van der Waals surface area contributed by atoms with Crippen LogP contribution in [0.2, 0.25) is 0 Å². The van der Waals surface area contributed by atoms with E-state index in [9.17, 15) is 0 Å². The van der Waals surface area contributed by atoms with Crippen molar-refractivity contribution in [2.45, 2.75) is 6.92 Å². The predicted molar refractivity (Wildman–Crippen MR) is 121 cm³/mol. The molecule has 0 spiro atoms. The van der Waals surface area contributed by atoms with E-state index in [-0.39, 0.29) is 0 Å². The Morgan fingerprint density at radius 1 is 0.926 bits per heavy atom. The molecule has 5 rings (SSSR count). The van der Waals surface area contributed by atoms with Crippen molar-refractivity contribution in [3.05, 3.63) is 75.9 Å². The lowest BCUT2D eigenvalue weighted by molar-refractivity contribution is 0.975. The number of imidazole rings is 1. The van der Waals surface area contributed by atoms with E-state index < -0.39 is 0 Å². The van der Waals surface area contributed by atoms with Crippen LogP contribution in [0.1, 0.15) is 5.56 Å². The molecule has 0 aliphatic rings. The molecule has 0 fully saturated rings. The maximum atomic E-state index is 4.75. The lowest BCUT2D eigenvalue weighted by Gasteiger charge is -2.06. The highest BCUT2D eigenvalue weighted by molar-refractivity contribution is 14.1. The lowest BCUT2D eigenvalue weighted by Crippen LogP contribution is -1.92. The molecule has 4 heteroatoms. The molecule has 5 aromatic rings. The Morgan fingerprint density at radius 3 is 2.44 bits per heavy atom. The molecule has 27 heavy (non-hydrogen) atoms. The Bertz CT molecular complexity index is 1260. The smallest absolute Gasteiger partial charge is 0.138 e. The largest absolute Gasteiger partial charge is 0.343 e. The number of aryl methyl sites for hydroxylation is 2. The van der Waals surface area contributed by atoms with E-state index in [0.29, 0.717) is 0 Å². The van der Waals surface area contributed by atoms with Gasteiger partial charge in [0.1, 0.15) is 5.82 Å². The first-order valence-corrected chi connectivity index (χ1v) is 10.00. The van der Waals surface area contributed by atoms with Crippen molar-refractivity contribution in [2.75, 3.05) is 0 Å². The number of halogens is 1. The van der Waals surface area contributed by atoms with Gasteiger partial charge in [0.15, 0.2) is 0 Å². The van der Waals surface area contributed by atoms with Crippen molar-refractivity contribution in [1.29, 1.82) is 0 Å². The third-order valence-corrected chi connectivity index (χ3v) is 6.22. The summed E-state index contributed by atoms with van der Waals surface area (Å²) in [7, 11) is 2.14. The van der Waals surface area contributed by atoms with Crippen molar-refractivity contribution < 1.29 is 0 Å². The van der Waals surface area contributed by atoms with E-state index in [4.69, 9.17) is 4.98 Å². The van der Waals surface area contributed by atoms with E-state index >= 15 is 0 Å². The highest BCUT2D eigenvalue weighted by Gasteiger charge is 2.16. The first kappa shape index (κ1) is 16.6. The van der Waals surface area contributed by atoms with Crippen molar-refractivity contribution in [1.82, 2.24) is 14.5 Å². The van der Waals surface area contributed by atoms with Crippen LogP contribution in [0.15, 0.2) is 66.7 Å². The maximum Gasteiger partial charge on any atom is 0.138 e. The standard InChI is InChI=1S/C23H18IN3/c1-14-7-9-15(10-8-14)22-21(24)17-13-16(11-12-20(17)27(22)2)23-25-18-5-3-4-6-19(18)26-23/h3-13H,1-2H3,(H,25,26). The van der Waals surface area contributed by atoms with Gasteiger partial charge < -0.3 is 9.55 Å². The molecule has 0 aliphatic carbocycles. The lowest BCUT2D eigenvalue weighted by atomic mass is 10.1. The third kappa shape index (κ3) is 2.67. The van der Waals surface area contributed by atoms with Gasteiger partial charge in [0.25, 0.3) is 0 Å². The number of nitrogens with zero attached hydrogens (tertiary/aromatic N) is 2. The van der Waals surface area contributed by atoms with Gasteiger partial charge in [-0.1, -0.05) is 42.0 Å². The summed E-state index contributed by atoms with van der Waals surface area (Å²) in [5.41, 5.74) is 8.18. The zero-order chi connectivity index (χ0) is 18.5. The summed E-state index contributed by atoms with van der Waals surface area (Å²) in [6.45, 7) is 2.12. The minimum atomic E-state index is 0.912. The minimum Gasteiger partial charge on any atom is -0.343 e. The second-order valence-electron chi connectivity index (χ2n) is 6.92. The van der Waals surface area contributed by atoms with Crippen molar-refractivity contribution in [2.24, 2.45) is 7.05 Å². The van der Waals surface area contributed by atoms with Gasteiger partial charge in [-0.15, -0.1) is 0 Å². The van der Waals surface area contributed by atoms with Crippen LogP contribution < -0.4 is 0 Å². The number of fused-ring (bicyclic) bond motifs is 2. The average molecular weight is 463 g/mol. The fourth-order valence-electron chi connectivity index (χ4n) is 3.67. The van der Waals surface area contributed by atoms with E-state index in [1.165, 1.54) is 31.3 Å². The van der Waals surface area contributed by atoms with Gasteiger partial charge >= 0.3 is 0 Å². The molecule has 0 aliphatic heterocycles. The predicted octanol–water partition coefficient (Wildman–Crippen LogP) is 6.30. The topological polar surface area (TPSA) is 33.6 Å². The number of hydrogen-bond donors (Lipinski definition) is 1. The number of rotatable bonds is 2. The van der Waals surface area contributed by atoms with Crippen LogP contribution in [-0.4, -0.2) is 14.5 Å². The number of benzene rings is 3. The zero-order valence-electron chi connectivity index (χ0n) is 15.1. The highest BCUT2D eigenvalue weighted by atomic mass is 127. The van der Waals surface area contributed by atoms with Gasteiger partial charge in [0.2, 0.25) is 0 Å². The summed E-state index contributed by atoms with van der Waals surface area (Å²) in [5, 5.41) is 1.26. The SMILES string of the molecule is Cc1ccc(-c2c(I)c3cc(-c4nc5ccccc5[nH]4)ccc3n2C)cc1. The van der Waals surface area contributed by atoms with E-state index in [0.717, 1.165) is 22.4 Å². The second kappa shape index (κ2) is 6.23. The Balaban J connectivity index is 1.69. The van der Waals surface area contributed by atoms with Gasteiger partial charge in [-0.3, -0.25) is 0 Å². The molecule has 0 saturated heterocycles. The fourth-order valence-corrected chi connectivity index (χ4v) is 4.77. The Morgan fingerprint density at radius 2 is 1.67 bits per heavy atom. The van der Waals surface area contributed by atoms with Gasteiger partial charge in [-0.2, -0.15) is 0 Å². The number of H-pyrrole nitrogens is 1. The van der Waals surface area contributed by atoms with E-state index in [2.05, 4.69) is 94.6 Å². The zero-order valence-corrected chi connectivity index (χ0v) is 17.3. The van der Waals surface area contributed by atoms with Crippen molar-refractivity contribution >= 4 is 44.5 Å². The Labute approximate surface area is 171 Å². The molecule has 0 atom stereocenters. The number of para-hydroxylation sites is 2. The highest BCUT2D eigenvalue weighted by Crippen LogP contribution is 2.36. The fraction of sp³-hybridized carbons (Fsp3) is 0.0870. The molecule has 3 aromatic carbocycles.